The standard InChI is InChI=1S/C13H22N4O/c1-14-13(18)15-9-10-11(16(2)3)7-6-8-12(10)17(4)5/h6-8H,9H2,1-5H3,(H2,14,15,18). The number of nitrogens with one attached hydrogen (secondary N) is 2. The lowest BCUT2D eigenvalue weighted by Crippen LogP contribution is -2.33. The van der Waals surface area contributed by atoms with Crippen molar-refractivity contribution in [1.29, 1.82) is 0 Å². The molecule has 1 aromatic carbocycles. The summed E-state index contributed by atoms with van der Waals surface area (Å²) in [5.41, 5.74) is 3.33. The highest BCUT2D eigenvalue weighted by atomic mass is 16.2. The number of urea groups is 1. The molecule has 2 amide bonds. The van der Waals surface area contributed by atoms with Gasteiger partial charge >= 0.3 is 6.03 Å². The molecule has 18 heavy (non-hydrogen) atoms. The third-order valence-corrected chi connectivity index (χ3v) is 2.74. The maximum Gasteiger partial charge on any atom is 0.314 e. The van der Waals surface area contributed by atoms with Crippen LogP contribution in [0.5, 0.6) is 0 Å². The molecule has 100 valence electrons. The molecule has 1 aromatic rings. The third kappa shape index (κ3) is 3.29. The van der Waals surface area contributed by atoms with E-state index in [1.807, 2.05) is 56.2 Å². The average Bonchev–Trinajstić information content (AvgIpc) is 2.34. The number of amides is 2. The highest BCUT2D eigenvalue weighted by Crippen LogP contribution is 2.28. The van der Waals surface area contributed by atoms with E-state index in [0.29, 0.717) is 6.54 Å². The molecule has 0 aliphatic carbocycles. The SMILES string of the molecule is CNC(=O)NCc1c(N(C)C)cccc1N(C)C. The molecule has 0 saturated heterocycles. The molecule has 0 atom stereocenters. The smallest absolute Gasteiger partial charge is 0.314 e. The van der Waals surface area contributed by atoms with Gasteiger partial charge in [0.1, 0.15) is 0 Å². The fourth-order valence-corrected chi connectivity index (χ4v) is 1.84. The highest BCUT2D eigenvalue weighted by molar-refractivity contribution is 5.75. The molecule has 0 saturated carbocycles. The second-order valence-electron chi connectivity index (χ2n) is 4.50. The molecule has 0 aliphatic heterocycles. The Kier molecular flexibility index (Phi) is 4.83. The Labute approximate surface area is 109 Å². The van der Waals surface area contributed by atoms with Gasteiger partial charge in [-0.1, -0.05) is 6.07 Å². The van der Waals surface area contributed by atoms with Gasteiger partial charge in [-0.05, 0) is 12.1 Å². The Balaban J connectivity index is 3.06. The Hall–Kier alpha value is -1.91. The van der Waals surface area contributed by atoms with E-state index in [2.05, 4.69) is 10.6 Å². The van der Waals surface area contributed by atoms with Crippen molar-refractivity contribution in [3.63, 3.8) is 0 Å². The molecule has 0 heterocycles. The zero-order valence-corrected chi connectivity index (χ0v) is 11.7. The van der Waals surface area contributed by atoms with Crippen LogP contribution < -0.4 is 20.4 Å². The van der Waals surface area contributed by atoms with Gasteiger partial charge in [0.25, 0.3) is 0 Å². The minimum atomic E-state index is -0.173. The van der Waals surface area contributed by atoms with E-state index in [0.717, 1.165) is 16.9 Å². The normalized spacial score (nSPS) is 9.83. The molecule has 0 aromatic heterocycles. The summed E-state index contributed by atoms with van der Waals surface area (Å²) in [4.78, 5) is 15.4. The van der Waals surface area contributed by atoms with E-state index in [4.69, 9.17) is 0 Å². The third-order valence-electron chi connectivity index (χ3n) is 2.74. The number of benzene rings is 1. The number of carbonyl (C=O) groups excluding carboxylic acids is 1. The van der Waals surface area contributed by atoms with E-state index < -0.39 is 0 Å². The van der Waals surface area contributed by atoms with E-state index >= 15 is 0 Å². The monoisotopic (exact) mass is 250 g/mol. The van der Waals surface area contributed by atoms with Gasteiger partial charge < -0.3 is 20.4 Å². The van der Waals surface area contributed by atoms with Crippen molar-refractivity contribution < 1.29 is 4.79 Å². The maximum atomic E-state index is 11.3. The van der Waals surface area contributed by atoms with Crippen LogP contribution >= 0.6 is 0 Å². The van der Waals surface area contributed by atoms with E-state index in [9.17, 15) is 4.79 Å². The van der Waals surface area contributed by atoms with Crippen molar-refractivity contribution in [2.45, 2.75) is 6.54 Å². The van der Waals surface area contributed by atoms with Gasteiger partial charge in [-0.15, -0.1) is 0 Å². The first-order valence-electron chi connectivity index (χ1n) is 5.89. The molecule has 1 rings (SSSR count). The lowest BCUT2D eigenvalue weighted by Gasteiger charge is -2.24. The van der Waals surface area contributed by atoms with Crippen LogP contribution in [0.15, 0.2) is 18.2 Å². The highest BCUT2D eigenvalue weighted by Gasteiger charge is 2.12. The van der Waals surface area contributed by atoms with Gasteiger partial charge in [0.15, 0.2) is 0 Å². The Morgan fingerprint density at radius 1 is 1.11 bits per heavy atom. The van der Waals surface area contributed by atoms with Crippen molar-refractivity contribution in [3.8, 4) is 0 Å². The van der Waals surface area contributed by atoms with Crippen molar-refractivity contribution in [2.24, 2.45) is 0 Å². The van der Waals surface area contributed by atoms with Gasteiger partial charge in [0, 0.05) is 58.7 Å². The largest absolute Gasteiger partial charge is 0.377 e. The molecule has 0 bridgehead atoms. The molecule has 0 aliphatic rings. The second-order valence-corrected chi connectivity index (χ2v) is 4.50. The molecule has 2 N–H and O–H groups in total. The first-order valence-corrected chi connectivity index (χ1v) is 5.89. The zero-order chi connectivity index (χ0) is 13.7. The van der Waals surface area contributed by atoms with Crippen molar-refractivity contribution in [1.82, 2.24) is 10.6 Å². The molecular weight excluding hydrogens is 228 g/mol. The molecular formula is C13H22N4O. The minimum Gasteiger partial charge on any atom is -0.377 e. The van der Waals surface area contributed by atoms with E-state index in [1.165, 1.54) is 0 Å². The molecule has 5 heteroatoms. The summed E-state index contributed by atoms with van der Waals surface area (Å²) in [6.45, 7) is 0.502. The molecule has 0 unspecified atom stereocenters. The number of rotatable bonds is 4. The van der Waals surface area contributed by atoms with Crippen LogP contribution in [0.4, 0.5) is 16.2 Å². The predicted molar refractivity (Wildman–Crippen MR) is 76.4 cm³/mol. The fraction of sp³-hybridized carbons (Fsp3) is 0.462. The first-order chi connectivity index (χ1) is 8.47. The number of carbonyl (C=O) groups is 1. The fourth-order valence-electron chi connectivity index (χ4n) is 1.84. The topological polar surface area (TPSA) is 47.6 Å². The van der Waals surface area contributed by atoms with Crippen molar-refractivity contribution >= 4 is 17.4 Å². The van der Waals surface area contributed by atoms with Gasteiger partial charge in [0.05, 0.1) is 0 Å². The van der Waals surface area contributed by atoms with Gasteiger partial charge in [-0.25, -0.2) is 4.79 Å². The van der Waals surface area contributed by atoms with Crippen LogP contribution in [-0.4, -0.2) is 41.3 Å². The summed E-state index contributed by atoms with van der Waals surface area (Å²) in [6.07, 6.45) is 0. The van der Waals surface area contributed by atoms with Crippen molar-refractivity contribution in [3.05, 3.63) is 23.8 Å². The van der Waals surface area contributed by atoms with Crippen LogP contribution in [0.1, 0.15) is 5.56 Å². The zero-order valence-electron chi connectivity index (χ0n) is 11.7. The van der Waals surface area contributed by atoms with Gasteiger partial charge in [0.2, 0.25) is 0 Å². The van der Waals surface area contributed by atoms with Gasteiger partial charge in [-0.2, -0.15) is 0 Å². The minimum absolute atomic E-state index is 0.173. The molecule has 5 nitrogen and oxygen atoms in total. The Bertz CT molecular complexity index is 389. The van der Waals surface area contributed by atoms with E-state index in [1.54, 1.807) is 7.05 Å². The summed E-state index contributed by atoms with van der Waals surface area (Å²) >= 11 is 0. The van der Waals surface area contributed by atoms with Crippen LogP contribution in [0, 0.1) is 0 Å². The van der Waals surface area contributed by atoms with Crippen LogP contribution in [0.3, 0.4) is 0 Å². The van der Waals surface area contributed by atoms with Crippen molar-refractivity contribution in [2.75, 3.05) is 45.0 Å². The predicted octanol–water partition coefficient (Wildman–Crippen LogP) is 1.25. The summed E-state index contributed by atoms with van der Waals surface area (Å²) < 4.78 is 0. The summed E-state index contributed by atoms with van der Waals surface area (Å²) in [6, 6.07) is 5.95. The van der Waals surface area contributed by atoms with Gasteiger partial charge in [-0.3, -0.25) is 0 Å². The number of hydrogen-bond acceptors (Lipinski definition) is 3. The molecule has 0 spiro atoms. The lowest BCUT2D eigenvalue weighted by molar-refractivity contribution is 0.242. The van der Waals surface area contributed by atoms with Crippen LogP contribution in [-0.2, 0) is 6.54 Å². The summed E-state index contributed by atoms with van der Waals surface area (Å²) in [5, 5.41) is 5.39. The van der Waals surface area contributed by atoms with Crippen LogP contribution in [0.25, 0.3) is 0 Å². The quantitative estimate of drug-likeness (QED) is 0.845. The summed E-state index contributed by atoms with van der Waals surface area (Å²) in [7, 11) is 9.60. The average molecular weight is 250 g/mol. The number of nitrogens with zero attached hydrogens (tertiary/aromatic N) is 2. The number of anilines is 2. The molecule has 0 radical (unpaired) electrons. The Morgan fingerprint density at radius 2 is 1.61 bits per heavy atom. The van der Waals surface area contributed by atoms with E-state index in [-0.39, 0.29) is 6.03 Å². The first kappa shape index (κ1) is 14.2. The van der Waals surface area contributed by atoms with Crippen LogP contribution in [0.2, 0.25) is 0 Å². The molecule has 0 fully saturated rings. The second kappa shape index (κ2) is 6.14. The summed E-state index contributed by atoms with van der Waals surface area (Å²) in [5.74, 6) is 0. The lowest BCUT2D eigenvalue weighted by atomic mass is 10.1. The number of hydrogen-bond donors (Lipinski definition) is 2. The maximum absolute atomic E-state index is 11.3. The Morgan fingerprint density at radius 3 is 2.00 bits per heavy atom.